The van der Waals surface area contributed by atoms with Crippen LogP contribution in [-0.4, -0.2) is 34.4 Å². The number of ether oxygens (including phenoxy) is 1. The summed E-state index contributed by atoms with van der Waals surface area (Å²) in [4.78, 5) is 17.7. The average Bonchev–Trinajstić information content (AvgIpc) is 3.12. The quantitative estimate of drug-likeness (QED) is 0.751. The van der Waals surface area contributed by atoms with Crippen molar-refractivity contribution in [1.82, 2.24) is 10.3 Å². The van der Waals surface area contributed by atoms with Crippen LogP contribution < -0.4 is 10.1 Å². The van der Waals surface area contributed by atoms with Gasteiger partial charge < -0.3 is 15.2 Å². The largest absolute Gasteiger partial charge is 0.438 e. The number of aliphatic hydroxyl groups excluding tert-OH is 1. The fourth-order valence-electron chi connectivity index (χ4n) is 3.11. The van der Waals surface area contributed by atoms with E-state index in [1.807, 2.05) is 18.4 Å². The van der Waals surface area contributed by atoms with Crippen molar-refractivity contribution in [3.63, 3.8) is 0 Å². The second-order valence-electron chi connectivity index (χ2n) is 6.38. The molecule has 3 rings (SSSR count). The highest BCUT2D eigenvalue weighted by Gasteiger charge is 2.35. The fraction of sp³-hybridized carbons (Fsp3) is 0.368. The summed E-state index contributed by atoms with van der Waals surface area (Å²) in [6.07, 6.45) is 6.26. The number of aromatic nitrogens is 1. The molecule has 1 aliphatic carbocycles. The van der Waals surface area contributed by atoms with E-state index in [-0.39, 0.29) is 18.1 Å². The van der Waals surface area contributed by atoms with Crippen molar-refractivity contribution in [2.45, 2.75) is 36.1 Å². The van der Waals surface area contributed by atoms with E-state index < -0.39 is 17.3 Å². The lowest BCUT2D eigenvalue weighted by atomic mass is 9.98. The highest BCUT2D eigenvalue weighted by molar-refractivity contribution is 7.98. The van der Waals surface area contributed by atoms with Crippen LogP contribution in [0.2, 0.25) is 0 Å². The number of hydrogen-bond donors (Lipinski definition) is 2. The molecule has 1 amide bonds. The molecule has 2 N–H and O–H groups in total. The number of halogens is 1. The summed E-state index contributed by atoms with van der Waals surface area (Å²) in [6, 6.07) is 8.43. The molecule has 0 unspecified atom stereocenters. The molecule has 26 heavy (non-hydrogen) atoms. The summed E-state index contributed by atoms with van der Waals surface area (Å²) in [5.41, 5.74) is -0.639. The molecule has 0 radical (unpaired) electrons. The van der Waals surface area contributed by atoms with Gasteiger partial charge in [-0.05, 0) is 49.4 Å². The molecule has 0 aliphatic heterocycles. The third-order valence-electron chi connectivity index (χ3n) is 4.58. The minimum Gasteiger partial charge on any atom is -0.438 e. The van der Waals surface area contributed by atoms with Crippen LogP contribution in [-0.2, 0) is 0 Å². The number of nitrogens with one attached hydrogen (secondary N) is 1. The van der Waals surface area contributed by atoms with Crippen molar-refractivity contribution >= 4 is 17.7 Å². The zero-order valence-electron chi connectivity index (χ0n) is 14.5. The van der Waals surface area contributed by atoms with E-state index in [2.05, 4.69) is 10.3 Å². The molecule has 138 valence electrons. The van der Waals surface area contributed by atoms with Gasteiger partial charge in [0.15, 0.2) is 0 Å². The van der Waals surface area contributed by atoms with E-state index in [1.165, 1.54) is 0 Å². The summed E-state index contributed by atoms with van der Waals surface area (Å²) in [6.45, 7) is -0.145. The summed E-state index contributed by atoms with van der Waals surface area (Å²) < 4.78 is 19.4. The Labute approximate surface area is 156 Å². The Morgan fingerprint density at radius 1 is 1.35 bits per heavy atom. The maximum atomic E-state index is 13.7. The zero-order valence-corrected chi connectivity index (χ0v) is 15.3. The number of pyridine rings is 1. The number of benzene rings is 1. The van der Waals surface area contributed by atoms with Gasteiger partial charge in [0, 0.05) is 4.90 Å². The average molecular weight is 376 g/mol. The molecule has 2 aromatic rings. The van der Waals surface area contributed by atoms with E-state index in [1.54, 1.807) is 23.9 Å². The van der Waals surface area contributed by atoms with Crippen LogP contribution in [0, 0.1) is 5.82 Å². The molecule has 1 saturated carbocycles. The number of rotatable bonds is 6. The Hall–Kier alpha value is -2.12. The minimum atomic E-state index is -0.652. The highest BCUT2D eigenvalue weighted by atomic mass is 32.2. The predicted octanol–water partition coefficient (Wildman–Crippen LogP) is 3.77. The van der Waals surface area contributed by atoms with E-state index >= 15 is 0 Å². The van der Waals surface area contributed by atoms with Gasteiger partial charge in [0.25, 0.3) is 5.91 Å². The van der Waals surface area contributed by atoms with Crippen LogP contribution in [0.5, 0.6) is 11.6 Å². The first-order chi connectivity index (χ1) is 12.5. The molecule has 1 aromatic heterocycles. The van der Waals surface area contributed by atoms with Gasteiger partial charge in [0.2, 0.25) is 5.88 Å². The number of aliphatic hydroxyl groups is 1. The number of carbonyl (C=O) groups excluding carboxylic acids is 1. The van der Waals surface area contributed by atoms with Crippen molar-refractivity contribution in [2.75, 3.05) is 12.9 Å². The van der Waals surface area contributed by atoms with Crippen LogP contribution in [0.1, 0.15) is 36.0 Å². The lowest BCUT2D eigenvalue weighted by molar-refractivity contribution is 0.0835. The first-order valence-corrected chi connectivity index (χ1v) is 9.68. The van der Waals surface area contributed by atoms with Gasteiger partial charge in [-0.3, -0.25) is 4.79 Å². The van der Waals surface area contributed by atoms with Crippen molar-refractivity contribution in [3.8, 4) is 11.6 Å². The molecule has 1 aliphatic rings. The van der Waals surface area contributed by atoms with Crippen LogP contribution in [0.25, 0.3) is 0 Å². The first kappa shape index (κ1) is 18.7. The number of amides is 1. The topological polar surface area (TPSA) is 71.5 Å². The summed E-state index contributed by atoms with van der Waals surface area (Å²) in [5.74, 6) is -0.575. The number of carbonyl (C=O) groups is 1. The standard InChI is InChI=1S/C19H21FN2O3S/c1-26-15-6-4-14(5-7-15)25-18-16(10-13(20)11-21-18)17(24)22-19(12-23)8-2-3-9-19/h4-7,10-11,23H,2-3,8-9,12H2,1H3,(H,22,24). The van der Waals surface area contributed by atoms with Crippen molar-refractivity contribution < 1.29 is 19.0 Å². The fourth-order valence-corrected chi connectivity index (χ4v) is 3.52. The molecule has 0 saturated heterocycles. The molecule has 1 aromatic carbocycles. The number of nitrogens with zero attached hydrogens (tertiary/aromatic N) is 1. The molecule has 7 heteroatoms. The van der Waals surface area contributed by atoms with Crippen LogP contribution in [0.4, 0.5) is 4.39 Å². The maximum absolute atomic E-state index is 13.7. The lowest BCUT2D eigenvalue weighted by Crippen LogP contribution is -2.49. The second kappa shape index (κ2) is 8.05. The minimum absolute atomic E-state index is 0.0127. The van der Waals surface area contributed by atoms with Crippen LogP contribution in [0.15, 0.2) is 41.4 Å². The van der Waals surface area contributed by atoms with E-state index in [0.29, 0.717) is 18.6 Å². The van der Waals surface area contributed by atoms with E-state index in [9.17, 15) is 14.3 Å². The second-order valence-corrected chi connectivity index (χ2v) is 7.26. The molecular weight excluding hydrogens is 355 g/mol. The third-order valence-corrected chi connectivity index (χ3v) is 5.32. The highest BCUT2D eigenvalue weighted by Crippen LogP contribution is 2.31. The van der Waals surface area contributed by atoms with Gasteiger partial charge in [-0.2, -0.15) is 0 Å². The van der Waals surface area contributed by atoms with E-state index in [4.69, 9.17) is 4.74 Å². The maximum Gasteiger partial charge on any atom is 0.257 e. The van der Waals surface area contributed by atoms with Gasteiger partial charge in [0.05, 0.1) is 18.3 Å². The monoisotopic (exact) mass is 376 g/mol. The van der Waals surface area contributed by atoms with Crippen molar-refractivity contribution in [2.24, 2.45) is 0 Å². The Bertz CT molecular complexity index is 777. The Morgan fingerprint density at radius 3 is 2.65 bits per heavy atom. The van der Waals surface area contributed by atoms with Crippen molar-refractivity contribution in [1.29, 1.82) is 0 Å². The Balaban J connectivity index is 1.83. The van der Waals surface area contributed by atoms with Gasteiger partial charge in [-0.1, -0.05) is 12.8 Å². The third kappa shape index (κ3) is 4.16. The Kier molecular flexibility index (Phi) is 5.78. The smallest absolute Gasteiger partial charge is 0.257 e. The number of thioether (sulfide) groups is 1. The first-order valence-electron chi connectivity index (χ1n) is 8.46. The predicted molar refractivity (Wildman–Crippen MR) is 98.2 cm³/mol. The lowest BCUT2D eigenvalue weighted by Gasteiger charge is -2.28. The molecular formula is C19H21FN2O3S. The Morgan fingerprint density at radius 2 is 2.04 bits per heavy atom. The molecule has 1 fully saturated rings. The zero-order chi connectivity index (χ0) is 18.6. The molecule has 1 heterocycles. The van der Waals surface area contributed by atoms with Gasteiger partial charge in [0.1, 0.15) is 17.1 Å². The number of hydrogen-bond acceptors (Lipinski definition) is 5. The summed E-state index contributed by atoms with van der Waals surface area (Å²) in [5, 5.41) is 12.5. The van der Waals surface area contributed by atoms with E-state index in [0.717, 1.165) is 30.0 Å². The van der Waals surface area contributed by atoms with Gasteiger partial charge in [-0.25, -0.2) is 9.37 Å². The molecule has 0 bridgehead atoms. The SMILES string of the molecule is CSc1ccc(Oc2ncc(F)cc2C(=O)NC2(CO)CCCC2)cc1. The molecule has 5 nitrogen and oxygen atoms in total. The summed E-state index contributed by atoms with van der Waals surface area (Å²) >= 11 is 1.60. The van der Waals surface area contributed by atoms with Crippen molar-refractivity contribution in [3.05, 3.63) is 47.9 Å². The van der Waals surface area contributed by atoms with Gasteiger partial charge in [-0.15, -0.1) is 11.8 Å². The van der Waals surface area contributed by atoms with Crippen LogP contribution in [0.3, 0.4) is 0 Å². The van der Waals surface area contributed by atoms with Gasteiger partial charge >= 0.3 is 0 Å². The molecule has 0 atom stereocenters. The van der Waals surface area contributed by atoms with Crippen LogP contribution >= 0.6 is 11.8 Å². The normalized spacial score (nSPS) is 15.7. The summed E-state index contributed by atoms with van der Waals surface area (Å²) in [7, 11) is 0. The molecule has 0 spiro atoms.